The second kappa shape index (κ2) is 8.02. The van der Waals surface area contributed by atoms with E-state index in [1.807, 2.05) is 6.92 Å². The first-order valence-electron chi connectivity index (χ1n) is 7.16. The fraction of sp³-hybridized carbons (Fsp3) is 0.600. The van der Waals surface area contributed by atoms with E-state index in [4.69, 9.17) is 9.47 Å². The number of anilines is 1. The Hall–Kier alpha value is -1.26. The first kappa shape index (κ1) is 14.2. The van der Waals surface area contributed by atoms with Crippen molar-refractivity contribution >= 4 is 5.69 Å². The van der Waals surface area contributed by atoms with Gasteiger partial charge in [0.2, 0.25) is 0 Å². The Morgan fingerprint density at radius 3 is 2.53 bits per heavy atom. The Bertz CT molecular complexity index is 348. The van der Waals surface area contributed by atoms with Crippen LogP contribution < -0.4 is 15.0 Å². The van der Waals surface area contributed by atoms with E-state index in [9.17, 15) is 0 Å². The van der Waals surface area contributed by atoms with E-state index < -0.39 is 0 Å². The van der Waals surface area contributed by atoms with Gasteiger partial charge in [-0.3, -0.25) is 0 Å². The zero-order chi connectivity index (χ0) is 13.3. The summed E-state index contributed by atoms with van der Waals surface area (Å²) in [6, 6.07) is 8.39. The van der Waals surface area contributed by atoms with Gasteiger partial charge in [0.25, 0.3) is 0 Å². The Balaban J connectivity index is 1.74. The summed E-state index contributed by atoms with van der Waals surface area (Å²) in [6.45, 7) is 8.56. The summed E-state index contributed by atoms with van der Waals surface area (Å²) < 4.78 is 11.0. The summed E-state index contributed by atoms with van der Waals surface area (Å²) >= 11 is 0. The number of benzene rings is 1. The maximum atomic E-state index is 5.68. The van der Waals surface area contributed by atoms with E-state index in [0.29, 0.717) is 6.61 Å². The Kier molecular flexibility index (Phi) is 5.98. The first-order chi connectivity index (χ1) is 9.40. The van der Waals surface area contributed by atoms with Crippen molar-refractivity contribution in [3.8, 4) is 5.75 Å². The van der Waals surface area contributed by atoms with Crippen LogP contribution in [-0.4, -0.2) is 46.0 Å². The average molecular weight is 264 g/mol. The summed E-state index contributed by atoms with van der Waals surface area (Å²) in [5.41, 5.74) is 1.28. The molecule has 0 amide bonds. The largest absolute Gasteiger partial charge is 0.494 e. The molecule has 0 atom stereocenters. The van der Waals surface area contributed by atoms with Gasteiger partial charge in [-0.15, -0.1) is 0 Å². The van der Waals surface area contributed by atoms with Crippen LogP contribution in [0.15, 0.2) is 24.3 Å². The lowest BCUT2D eigenvalue weighted by Crippen LogP contribution is -2.43. The van der Waals surface area contributed by atoms with Gasteiger partial charge in [-0.2, -0.15) is 0 Å². The molecule has 0 spiro atoms. The third-order valence-electron chi connectivity index (χ3n) is 3.22. The molecule has 1 aromatic carbocycles. The van der Waals surface area contributed by atoms with Gasteiger partial charge in [-0.25, -0.2) is 0 Å². The summed E-state index contributed by atoms with van der Waals surface area (Å²) in [6.07, 6.45) is 0.938. The smallest absolute Gasteiger partial charge is 0.119 e. The Morgan fingerprint density at radius 1 is 1.11 bits per heavy atom. The van der Waals surface area contributed by atoms with Crippen molar-refractivity contribution < 1.29 is 9.47 Å². The Morgan fingerprint density at radius 2 is 1.84 bits per heavy atom. The van der Waals surface area contributed by atoms with Crippen molar-refractivity contribution in [1.29, 1.82) is 0 Å². The molecule has 19 heavy (non-hydrogen) atoms. The standard InChI is InChI=1S/C15H24N2O2/c1-2-18-12-3-13-19-15-6-4-14(5-7-15)17-10-8-16-9-11-17/h4-7,16H,2-3,8-13H2,1H3. The van der Waals surface area contributed by atoms with Gasteiger partial charge in [-0.05, 0) is 31.2 Å². The van der Waals surface area contributed by atoms with Gasteiger partial charge in [0, 0.05) is 51.5 Å². The molecule has 4 heteroatoms. The Labute approximate surface area is 115 Å². The number of hydrogen-bond acceptors (Lipinski definition) is 4. The molecule has 0 saturated carbocycles. The van der Waals surface area contributed by atoms with Gasteiger partial charge in [0.1, 0.15) is 5.75 Å². The molecule has 106 valence electrons. The van der Waals surface area contributed by atoms with Crippen LogP contribution in [0.4, 0.5) is 5.69 Å². The predicted octanol–water partition coefficient (Wildman–Crippen LogP) is 1.90. The molecule has 1 heterocycles. The molecule has 1 saturated heterocycles. The summed E-state index contributed by atoms with van der Waals surface area (Å²) in [5.74, 6) is 0.940. The normalized spacial score (nSPS) is 15.5. The molecular weight excluding hydrogens is 240 g/mol. The van der Waals surface area contributed by atoms with Gasteiger partial charge in [-0.1, -0.05) is 0 Å². The highest BCUT2D eigenvalue weighted by atomic mass is 16.5. The molecule has 0 aliphatic carbocycles. The maximum absolute atomic E-state index is 5.68. The number of ether oxygens (including phenoxy) is 2. The third-order valence-corrected chi connectivity index (χ3v) is 3.22. The lowest BCUT2D eigenvalue weighted by molar-refractivity contribution is 0.131. The molecule has 2 rings (SSSR count). The molecule has 1 aromatic rings. The van der Waals surface area contributed by atoms with Crippen LogP contribution in [0, 0.1) is 0 Å². The fourth-order valence-electron chi connectivity index (χ4n) is 2.17. The van der Waals surface area contributed by atoms with Crippen molar-refractivity contribution in [3.05, 3.63) is 24.3 Å². The maximum Gasteiger partial charge on any atom is 0.119 e. The molecule has 1 aliphatic heterocycles. The number of nitrogens with zero attached hydrogens (tertiary/aromatic N) is 1. The molecule has 0 unspecified atom stereocenters. The topological polar surface area (TPSA) is 33.7 Å². The number of hydrogen-bond donors (Lipinski definition) is 1. The van der Waals surface area contributed by atoms with Crippen molar-refractivity contribution in [3.63, 3.8) is 0 Å². The second-order valence-electron chi connectivity index (χ2n) is 4.63. The zero-order valence-electron chi connectivity index (χ0n) is 11.7. The molecule has 0 aromatic heterocycles. The fourth-order valence-corrected chi connectivity index (χ4v) is 2.17. The highest BCUT2D eigenvalue weighted by Gasteiger charge is 2.09. The van der Waals surface area contributed by atoms with Crippen LogP contribution >= 0.6 is 0 Å². The van der Waals surface area contributed by atoms with E-state index in [-0.39, 0.29) is 0 Å². The summed E-state index contributed by atoms with van der Waals surface area (Å²) in [5, 5.41) is 3.36. The highest BCUT2D eigenvalue weighted by Crippen LogP contribution is 2.19. The first-order valence-corrected chi connectivity index (χ1v) is 7.16. The molecule has 0 radical (unpaired) electrons. The molecule has 0 bridgehead atoms. The predicted molar refractivity (Wildman–Crippen MR) is 78.1 cm³/mol. The molecule has 1 N–H and O–H groups in total. The van der Waals surface area contributed by atoms with Crippen LogP contribution in [0.2, 0.25) is 0 Å². The SMILES string of the molecule is CCOCCCOc1ccc(N2CCNCC2)cc1. The minimum Gasteiger partial charge on any atom is -0.494 e. The van der Waals surface area contributed by atoms with Gasteiger partial charge >= 0.3 is 0 Å². The minimum absolute atomic E-state index is 0.715. The highest BCUT2D eigenvalue weighted by molar-refractivity contribution is 5.49. The number of rotatable bonds is 7. The van der Waals surface area contributed by atoms with Crippen molar-refractivity contribution in [1.82, 2.24) is 5.32 Å². The molecule has 4 nitrogen and oxygen atoms in total. The quantitative estimate of drug-likeness (QED) is 0.763. The van der Waals surface area contributed by atoms with E-state index in [1.54, 1.807) is 0 Å². The van der Waals surface area contributed by atoms with Crippen LogP contribution in [0.25, 0.3) is 0 Å². The zero-order valence-corrected chi connectivity index (χ0v) is 11.7. The van der Waals surface area contributed by atoms with Gasteiger partial charge in [0.15, 0.2) is 0 Å². The number of piperazine rings is 1. The monoisotopic (exact) mass is 264 g/mol. The van der Waals surface area contributed by atoms with Crippen LogP contribution in [-0.2, 0) is 4.74 Å². The van der Waals surface area contributed by atoms with Crippen molar-refractivity contribution in [2.45, 2.75) is 13.3 Å². The lowest BCUT2D eigenvalue weighted by Gasteiger charge is -2.29. The van der Waals surface area contributed by atoms with Crippen LogP contribution in [0.5, 0.6) is 5.75 Å². The molecule has 1 aliphatic rings. The van der Waals surface area contributed by atoms with Crippen LogP contribution in [0.1, 0.15) is 13.3 Å². The van der Waals surface area contributed by atoms with E-state index >= 15 is 0 Å². The van der Waals surface area contributed by atoms with Crippen molar-refractivity contribution in [2.24, 2.45) is 0 Å². The lowest BCUT2D eigenvalue weighted by atomic mass is 10.2. The van der Waals surface area contributed by atoms with E-state index in [0.717, 1.165) is 51.6 Å². The minimum atomic E-state index is 0.715. The van der Waals surface area contributed by atoms with Crippen molar-refractivity contribution in [2.75, 3.05) is 50.9 Å². The summed E-state index contributed by atoms with van der Waals surface area (Å²) in [7, 11) is 0. The van der Waals surface area contributed by atoms with Crippen LogP contribution in [0.3, 0.4) is 0 Å². The third kappa shape index (κ3) is 4.73. The summed E-state index contributed by atoms with van der Waals surface area (Å²) in [4.78, 5) is 2.40. The van der Waals surface area contributed by atoms with Gasteiger partial charge < -0.3 is 19.7 Å². The average Bonchev–Trinajstić information content (AvgIpc) is 2.49. The second-order valence-corrected chi connectivity index (χ2v) is 4.63. The van der Waals surface area contributed by atoms with E-state index in [2.05, 4.69) is 34.5 Å². The molecular formula is C15H24N2O2. The van der Waals surface area contributed by atoms with Gasteiger partial charge in [0.05, 0.1) is 6.61 Å². The molecule has 1 fully saturated rings. The number of nitrogens with one attached hydrogen (secondary N) is 1. The van der Waals surface area contributed by atoms with E-state index in [1.165, 1.54) is 5.69 Å².